The highest BCUT2D eigenvalue weighted by Crippen LogP contribution is 2.38. The smallest absolute Gasteiger partial charge is 0.318 e. The lowest BCUT2D eigenvalue weighted by molar-refractivity contribution is -0.394. The van der Waals surface area contributed by atoms with Gasteiger partial charge in [0.2, 0.25) is 5.75 Å². The number of nitro benzene ring substituents is 2. The van der Waals surface area contributed by atoms with E-state index in [4.69, 9.17) is 9.47 Å². The van der Waals surface area contributed by atoms with Gasteiger partial charge < -0.3 is 14.6 Å². The van der Waals surface area contributed by atoms with E-state index in [1.807, 2.05) is 0 Å². The summed E-state index contributed by atoms with van der Waals surface area (Å²) in [7, 11) is 1.43. The Morgan fingerprint density at radius 3 is 2.53 bits per heavy atom. The zero-order valence-electron chi connectivity index (χ0n) is 15.0. The first-order valence-electron chi connectivity index (χ1n) is 7.77. The van der Waals surface area contributed by atoms with Crippen molar-refractivity contribution < 1.29 is 29.2 Å². The highest BCUT2D eigenvalue weighted by Gasteiger charge is 2.23. The predicted molar refractivity (Wildman–Crippen MR) is 111 cm³/mol. The van der Waals surface area contributed by atoms with Gasteiger partial charge in [-0.05, 0) is 28.1 Å². The second-order valence-corrected chi connectivity index (χ2v) is 7.19. The number of halogens is 2. The molecule has 1 amide bonds. The molecule has 30 heavy (non-hydrogen) atoms. The molecule has 0 aromatic heterocycles. The molecule has 0 radical (unpaired) electrons. The molecule has 158 valence electrons. The predicted octanol–water partition coefficient (Wildman–Crippen LogP) is 3.27. The number of methoxy groups -OCH3 is 1. The Morgan fingerprint density at radius 1 is 1.23 bits per heavy atom. The third-order valence-electron chi connectivity index (χ3n) is 3.45. The van der Waals surface area contributed by atoms with Crippen LogP contribution >= 0.6 is 31.9 Å². The molecule has 2 aromatic rings. The van der Waals surface area contributed by atoms with E-state index >= 15 is 0 Å². The molecule has 0 spiro atoms. The lowest BCUT2D eigenvalue weighted by Gasteiger charge is -2.12. The number of carbonyl (C=O) groups excluding carboxylic acids is 1. The van der Waals surface area contributed by atoms with Crippen molar-refractivity contribution in [1.29, 1.82) is 0 Å². The third-order valence-corrected chi connectivity index (χ3v) is 4.49. The highest BCUT2D eigenvalue weighted by molar-refractivity contribution is 9.11. The van der Waals surface area contributed by atoms with E-state index in [0.29, 0.717) is 16.3 Å². The Kier molecular flexibility index (Phi) is 7.66. The maximum atomic E-state index is 11.9. The summed E-state index contributed by atoms with van der Waals surface area (Å²) in [5, 5.41) is 35.2. The number of hydrogen-bond acceptors (Lipinski definition) is 9. The van der Waals surface area contributed by atoms with Gasteiger partial charge in [-0.3, -0.25) is 25.0 Å². The van der Waals surface area contributed by atoms with Crippen molar-refractivity contribution in [1.82, 2.24) is 5.43 Å². The van der Waals surface area contributed by atoms with Crippen molar-refractivity contribution in [3.8, 4) is 17.2 Å². The Balaban J connectivity index is 2.10. The maximum absolute atomic E-state index is 11.9. The van der Waals surface area contributed by atoms with Gasteiger partial charge in [0, 0.05) is 10.5 Å². The van der Waals surface area contributed by atoms with Crippen LogP contribution in [-0.4, -0.2) is 40.8 Å². The van der Waals surface area contributed by atoms with Gasteiger partial charge in [0.1, 0.15) is 0 Å². The SMILES string of the molecule is COc1cc(Br)cc(Br)c1OCC(=O)N/N=C\c1cc([N+](=O)[O-])cc([N+](=O)[O-])c1O. The summed E-state index contributed by atoms with van der Waals surface area (Å²) in [6.07, 6.45) is 0.837. The summed E-state index contributed by atoms with van der Waals surface area (Å²) < 4.78 is 11.8. The first kappa shape index (κ1) is 23.0. The van der Waals surface area contributed by atoms with E-state index in [9.17, 15) is 30.1 Å². The Morgan fingerprint density at radius 2 is 1.93 bits per heavy atom. The van der Waals surface area contributed by atoms with Crippen LogP contribution < -0.4 is 14.9 Å². The molecule has 14 heteroatoms. The number of non-ortho nitro benzene ring substituents is 1. The number of phenols is 1. The van der Waals surface area contributed by atoms with E-state index in [-0.39, 0.29) is 11.3 Å². The van der Waals surface area contributed by atoms with Crippen LogP contribution in [0.4, 0.5) is 11.4 Å². The molecule has 0 saturated carbocycles. The fourth-order valence-electron chi connectivity index (χ4n) is 2.14. The Bertz CT molecular complexity index is 1040. The van der Waals surface area contributed by atoms with E-state index in [2.05, 4.69) is 42.4 Å². The molecular weight excluding hydrogens is 536 g/mol. The van der Waals surface area contributed by atoms with Crippen LogP contribution in [0.3, 0.4) is 0 Å². The molecular formula is C16H12Br2N4O8. The number of aromatic hydroxyl groups is 1. The number of hydrazone groups is 1. The quantitative estimate of drug-likeness (QED) is 0.288. The molecule has 0 aliphatic heterocycles. The summed E-state index contributed by atoms with van der Waals surface area (Å²) in [6, 6.07) is 4.81. The van der Waals surface area contributed by atoms with Crippen molar-refractivity contribution in [2.75, 3.05) is 13.7 Å². The molecule has 2 N–H and O–H groups in total. The van der Waals surface area contributed by atoms with Gasteiger partial charge in [0.15, 0.2) is 18.1 Å². The fourth-order valence-corrected chi connectivity index (χ4v) is 3.44. The second kappa shape index (κ2) is 9.98. The molecule has 0 saturated heterocycles. The normalized spacial score (nSPS) is 10.6. The number of amides is 1. The molecule has 0 aliphatic rings. The average molecular weight is 548 g/mol. The topological polar surface area (TPSA) is 166 Å². The summed E-state index contributed by atoms with van der Waals surface area (Å²) in [6.45, 7) is -0.463. The molecule has 0 atom stereocenters. The third kappa shape index (κ3) is 5.64. The minimum atomic E-state index is -0.977. The zero-order valence-corrected chi connectivity index (χ0v) is 18.2. The number of hydrogen-bond donors (Lipinski definition) is 2. The van der Waals surface area contributed by atoms with Crippen LogP contribution in [0.1, 0.15) is 5.56 Å². The van der Waals surface area contributed by atoms with Crippen LogP contribution in [0.15, 0.2) is 38.3 Å². The average Bonchev–Trinajstić information content (AvgIpc) is 2.67. The van der Waals surface area contributed by atoms with Crippen LogP contribution in [0.2, 0.25) is 0 Å². The van der Waals surface area contributed by atoms with Gasteiger partial charge in [-0.1, -0.05) is 15.9 Å². The van der Waals surface area contributed by atoms with Gasteiger partial charge in [0.25, 0.3) is 11.6 Å². The molecule has 0 heterocycles. The van der Waals surface area contributed by atoms with Crippen LogP contribution in [0.25, 0.3) is 0 Å². The second-order valence-electron chi connectivity index (χ2n) is 5.42. The standard InChI is InChI=1S/C16H12Br2N4O8/c1-29-13-4-9(17)3-11(18)16(13)30-7-14(23)20-19-6-8-2-10(21(25)26)5-12(15(8)24)22(27)28/h2-6,24H,7H2,1H3,(H,20,23)/b19-6-. The fraction of sp³-hybridized carbons (Fsp3) is 0.125. The Hall–Kier alpha value is -3.26. The van der Waals surface area contributed by atoms with Crippen LogP contribution in [0.5, 0.6) is 17.2 Å². The number of carbonyl (C=O) groups is 1. The van der Waals surface area contributed by atoms with Crippen LogP contribution in [-0.2, 0) is 4.79 Å². The summed E-state index contributed by atoms with van der Waals surface area (Å²) in [5.41, 5.74) is 0.269. The molecule has 0 aliphatic carbocycles. The molecule has 12 nitrogen and oxygen atoms in total. The monoisotopic (exact) mass is 546 g/mol. The van der Waals surface area contributed by atoms with Crippen molar-refractivity contribution >= 4 is 55.4 Å². The van der Waals surface area contributed by atoms with E-state index < -0.39 is 39.5 Å². The van der Waals surface area contributed by atoms with E-state index in [0.717, 1.165) is 16.8 Å². The van der Waals surface area contributed by atoms with Crippen molar-refractivity contribution in [2.24, 2.45) is 5.10 Å². The lowest BCUT2D eigenvalue weighted by atomic mass is 10.1. The molecule has 0 bridgehead atoms. The summed E-state index contributed by atoms with van der Waals surface area (Å²) in [5.74, 6) is -0.904. The van der Waals surface area contributed by atoms with Gasteiger partial charge >= 0.3 is 5.69 Å². The van der Waals surface area contributed by atoms with Gasteiger partial charge in [-0.25, -0.2) is 5.43 Å². The molecule has 0 unspecified atom stereocenters. The molecule has 0 fully saturated rings. The van der Waals surface area contributed by atoms with Crippen molar-refractivity contribution in [3.63, 3.8) is 0 Å². The first-order chi connectivity index (χ1) is 14.1. The minimum Gasteiger partial charge on any atom is -0.502 e. The summed E-state index contributed by atoms with van der Waals surface area (Å²) >= 11 is 6.57. The van der Waals surface area contributed by atoms with Gasteiger partial charge in [-0.15, -0.1) is 0 Å². The zero-order chi connectivity index (χ0) is 22.4. The number of ether oxygens (including phenoxy) is 2. The number of nitrogens with zero attached hydrogens (tertiary/aromatic N) is 3. The van der Waals surface area contributed by atoms with Gasteiger partial charge in [0.05, 0.1) is 39.3 Å². The van der Waals surface area contributed by atoms with Crippen molar-refractivity contribution in [2.45, 2.75) is 0 Å². The van der Waals surface area contributed by atoms with E-state index in [1.54, 1.807) is 12.1 Å². The molecule has 2 aromatic carbocycles. The number of benzene rings is 2. The van der Waals surface area contributed by atoms with Crippen LogP contribution in [0, 0.1) is 20.2 Å². The van der Waals surface area contributed by atoms with E-state index in [1.165, 1.54) is 7.11 Å². The molecule has 2 rings (SSSR count). The Labute approximate surface area is 185 Å². The first-order valence-corrected chi connectivity index (χ1v) is 9.36. The number of nitro groups is 2. The maximum Gasteiger partial charge on any atom is 0.318 e. The largest absolute Gasteiger partial charge is 0.502 e. The number of phenolic OH excluding ortho intramolecular Hbond substituents is 1. The number of rotatable bonds is 8. The highest BCUT2D eigenvalue weighted by atomic mass is 79.9. The van der Waals surface area contributed by atoms with Gasteiger partial charge in [-0.2, -0.15) is 5.10 Å². The lowest BCUT2D eigenvalue weighted by Crippen LogP contribution is -2.24. The minimum absolute atomic E-state index is 0.270. The summed E-state index contributed by atoms with van der Waals surface area (Å²) in [4.78, 5) is 31.9. The van der Waals surface area contributed by atoms with Crippen molar-refractivity contribution in [3.05, 3.63) is 59.0 Å². The number of nitrogens with one attached hydrogen (secondary N) is 1.